The quantitative estimate of drug-likeness (QED) is 0.307. The topological polar surface area (TPSA) is 34.1 Å². The van der Waals surface area contributed by atoms with Crippen molar-refractivity contribution < 1.29 is 8.42 Å². The number of hydrogen-bond acceptors (Lipinski definition) is 3. The smallest absolute Gasteiger partial charge is 0.0776 e. The van der Waals surface area contributed by atoms with Crippen molar-refractivity contribution in [1.82, 2.24) is 0 Å². The Morgan fingerprint density at radius 1 is 1.25 bits per heavy atom. The lowest BCUT2D eigenvalue weighted by molar-refractivity contribution is 0.541. The highest BCUT2D eigenvalue weighted by Gasteiger charge is 0.757. The van der Waals surface area contributed by atoms with Crippen LogP contribution in [0.25, 0.3) is 0 Å². The molecule has 0 heterocycles. The van der Waals surface area contributed by atoms with E-state index >= 15 is 0 Å². The van der Waals surface area contributed by atoms with Gasteiger partial charge in [-0.2, -0.15) is 0 Å². The van der Waals surface area contributed by atoms with Gasteiger partial charge in [-0.3, -0.25) is 0 Å². The van der Waals surface area contributed by atoms with Crippen molar-refractivity contribution in [2.75, 3.05) is 0 Å². The molecule has 0 radical (unpaired) electrons. The highest BCUT2D eigenvalue weighted by atomic mass is 32.1. The first-order valence-corrected chi connectivity index (χ1v) is 1.10. The second-order valence-electron chi connectivity index (χ2n) is 0.0745. The molecular weight excluding hydrogens is 76.1 g/mol. The maximum Gasteiger partial charge on any atom is -0.0776 e. The standard InChI is InChI=1S/CH4.HO2S/c;1-3-2/h1H4;3H/q;-1. The lowest BCUT2D eigenvalue weighted by atomic mass is 12.0. The summed E-state index contributed by atoms with van der Waals surface area (Å²) in [7, 11) is 0. The van der Waals surface area contributed by atoms with Crippen molar-refractivity contribution >= 4 is 11.6 Å². The molecule has 28 valence electrons. The Hall–Kier alpha value is -0.0500. The van der Waals surface area contributed by atoms with E-state index in [2.05, 4.69) is 0 Å². The third kappa shape index (κ3) is 704. The monoisotopic (exact) mass is 81.0 g/mol. The van der Waals surface area contributed by atoms with Gasteiger partial charge in [-0.15, -0.1) is 0 Å². The zero-order chi connectivity index (χ0) is 2.71. The second kappa shape index (κ2) is 12.4. The van der Waals surface area contributed by atoms with Gasteiger partial charge in [0.15, 0.2) is 0 Å². The van der Waals surface area contributed by atoms with Crippen LogP contribution in [-0.2, 0) is 20.0 Å². The van der Waals surface area contributed by atoms with Gasteiger partial charge >= 0.3 is 0 Å². The molecule has 0 aromatic rings. The van der Waals surface area contributed by atoms with E-state index in [1.807, 2.05) is 0 Å². The van der Waals surface area contributed by atoms with Crippen LogP contribution in [0.5, 0.6) is 0 Å². The zero-order valence-corrected chi connectivity index (χ0v) is 2.16. The van der Waals surface area contributed by atoms with Gasteiger partial charge in [0.2, 0.25) is 0 Å². The van der Waals surface area contributed by atoms with Crippen molar-refractivity contribution in [3.63, 3.8) is 0 Å². The highest BCUT2D eigenvalue weighted by Crippen LogP contribution is 0.942. The first-order valence-electron chi connectivity index (χ1n) is 0.365. The molecule has 0 saturated heterocycles. The van der Waals surface area contributed by atoms with Crippen LogP contribution in [0.4, 0.5) is 0 Å². The van der Waals surface area contributed by atoms with E-state index in [1.54, 1.807) is 0 Å². The predicted octanol–water partition coefficient (Wildman–Crippen LogP) is 0.128. The van der Waals surface area contributed by atoms with Crippen LogP contribution in [0.1, 0.15) is 7.43 Å². The van der Waals surface area contributed by atoms with Gasteiger partial charge in [0.05, 0.1) is 0 Å². The first kappa shape index (κ1) is 9.04. The number of rotatable bonds is 0. The van der Waals surface area contributed by atoms with Crippen molar-refractivity contribution in [2.24, 2.45) is 0 Å². The molecule has 2 nitrogen and oxygen atoms in total. The van der Waals surface area contributed by atoms with Crippen molar-refractivity contribution in [1.29, 1.82) is 0 Å². The summed E-state index contributed by atoms with van der Waals surface area (Å²) in [6, 6.07) is 0. The summed E-state index contributed by atoms with van der Waals surface area (Å²) >= 11 is -1.08. The minimum atomic E-state index is -1.08. The summed E-state index contributed by atoms with van der Waals surface area (Å²) in [4.78, 5) is 0. The molecule has 3 heteroatoms. The fraction of sp³-hybridized carbons (Fsp3) is 1.00. The lowest BCUT2D eigenvalue weighted by Crippen LogP contribution is -1.06. The molecule has 0 aliphatic rings. The molecule has 0 amide bonds. The summed E-state index contributed by atoms with van der Waals surface area (Å²) < 4.78 is 16.7. The van der Waals surface area contributed by atoms with Crippen LogP contribution in [0.3, 0.4) is 0 Å². The van der Waals surface area contributed by atoms with E-state index in [0.717, 1.165) is 0 Å². The van der Waals surface area contributed by atoms with Gasteiger partial charge in [0.25, 0.3) is 0 Å². The summed E-state index contributed by atoms with van der Waals surface area (Å²) in [5.41, 5.74) is 0. The molecular formula is CH5O2S-. The van der Waals surface area contributed by atoms with Crippen LogP contribution in [0.15, 0.2) is 0 Å². The Labute approximate surface area is 28.4 Å². The molecule has 4 heavy (non-hydrogen) atoms. The third-order valence-electron chi connectivity index (χ3n) is 0. The molecule has 0 aromatic carbocycles. The minimum absolute atomic E-state index is 0. The largest absolute Gasteiger partial charge is 0.427 e. The van der Waals surface area contributed by atoms with E-state index in [9.17, 15) is 0 Å². The van der Waals surface area contributed by atoms with Gasteiger partial charge in [0.1, 0.15) is 0 Å². The fourth-order valence-corrected chi connectivity index (χ4v) is 0. The highest BCUT2D eigenvalue weighted by molar-refractivity contribution is 7.51. The normalized spacial score (nSPS) is 4.00. The summed E-state index contributed by atoms with van der Waals surface area (Å²) in [5, 5.41) is 0. The summed E-state index contributed by atoms with van der Waals surface area (Å²) in [6.45, 7) is 0. The van der Waals surface area contributed by atoms with Gasteiger partial charge in [0, 0.05) is 0 Å². The van der Waals surface area contributed by atoms with E-state index < -0.39 is 11.6 Å². The Kier molecular flexibility index (Phi) is 28.1. The predicted molar refractivity (Wildman–Crippen MR) is 16.9 cm³/mol. The zero-order valence-electron chi connectivity index (χ0n) is 1.26. The molecule has 0 N–H and O–H groups in total. The molecule has 0 bridgehead atoms. The molecule has 0 fully saturated rings. The van der Waals surface area contributed by atoms with Gasteiger partial charge < -0.3 is 8.42 Å². The summed E-state index contributed by atoms with van der Waals surface area (Å²) in [5.74, 6) is 0. The number of hydrogen-bond donors (Lipinski definition) is 0. The van der Waals surface area contributed by atoms with Gasteiger partial charge in [-0.25, -0.2) is 0 Å². The van der Waals surface area contributed by atoms with Crippen LogP contribution >= 0.6 is 0 Å². The second-order valence-corrected chi connectivity index (χ2v) is 0.224. The molecule has 0 spiro atoms. The van der Waals surface area contributed by atoms with Gasteiger partial charge in [-0.05, 0) is 0 Å². The molecule has 0 aliphatic carbocycles. The Bertz CT molecular complexity index is 27.0. The van der Waals surface area contributed by atoms with Crippen LogP contribution in [0, 0.1) is 0 Å². The van der Waals surface area contributed by atoms with E-state index in [4.69, 9.17) is 8.42 Å². The van der Waals surface area contributed by atoms with Crippen LogP contribution < -0.4 is 0 Å². The maximum absolute atomic E-state index is 8.35. The molecule has 0 aliphatic heterocycles. The molecule has 0 atom stereocenters. The molecule has 0 rings (SSSR count). The first-order chi connectivity index (χ1) is 1.41. The molecule has 0 saturated carbocycles. The van der Waals surface area contributed by atoms with Crippen LogP contribution in [0.2, 0.25) is 0 Å². The Morgan fingerprint density at radius 3 is 1.25 bits per heavy atom. The maximum atomic E-state index is 8.35. The SMILES string of the molecule is C.O=[SH-]=O. The fourth-order valence-electron chi connectivity index (χ4n) is 0. The lowest BCUT2D eigenvalue weighted by Gasteiger charge is -1.27. The van der Waals surface area contributed by atoms with Crippen molar-refractivity contribution in [3.05, 3.63) is 0 Å². The number of thiol groups is 1. The van der Waals surface area contributed by atoms with E-state index in [1.165, 1.54) is 0 Å². The summed E-state index contributed by atoms with van der Waals surface area (Å²) in [6.07, 6.45) is 0. The Balaban J connectivity index is 0. The van der Waals surface area contributed by atoms with Gasteiger partial charge in [-0.1, -0.05) is 19.0 Å². The van der Waals surface area contributed by atoms with E-state index in [0.29, 0.717) is 0 Å². The van der Waals surface area contributed by atoms with Crippen LogP contribution in [-0.4, -0.2) is 0 Å². The Morgan fingerprint density at radius 2 is 1.25 bits per heavy atom. The molecule has 0 aromatic heterocycles. The van der Waals surface area contributed by atoms with Crippen molar-refractivity contribution in [3.8, 4) is 0 Å². The third-order valence-corrected chi connectivity index (χ3v) is 0. The van der Waals surface area contributed by atoms with Crippen molar-refractivity contribution in [2.45, 2.75) is 7.43 Å². The molecule has 0 unspecified atom stereocenters. The average Bonchev–Trinajstić information content (AvgIpc) is 0.918. The minimum Gasteiger partial charge on any atom is -0.427 e. The average molecular weight is 81.1 g/mol. The van der Waals surface area contributed by atoms with E-state index in [-0.39, 0.29) is 7.43 Å².